The SMILES string of the molecule is CC(C(=O)N(C)CCC(F)(F)F)N1CCNCC1. The molecule has 0 radical (unpaired) electrons. The maximum absolute atomic E-state index is 12.1. The minimum absolute atomic E-state index is 0.249. The molecule has 1 amide bonds. The van der Waals surface area contributed by atoms with Crippen LogP contribution in [0.3, 0.4) is 0 Å². The Hall–Kier alpha value is -0.820. The minimum Gasteiger partial charge on any atom is -0.344 e. The van der Waals surface area contributed by atoms with Gasteiger partial charge in [0.15, 0.2) is 0 Å². The van der Waals surface area contributed by atoms with Gasteiger partial charge in [0.1, 0.15) is 0 Å². The number of alkyl halides is 3. The van der Waals surface area contributed by atoms with Crippen LogP contribution in [0.15, 0.2) is 0 Å². The Morgan fingerprint density at radius 2 is 1.94 bits per heavy atom. The van der Waals surface area contributed by atoms with Crippen molar-refractivity contribution in [3.05, 3.63) is 0 Å². The fourth-order valence-corrected chi connectivity index (χ4v) is 1.95. The second-order valence-corrected chi connectivity index (χ2v) is 4.59. The molecule has 7 heteroatoms. The van der Waals surface area contributed by atoms with Crippen molar-refractivity contribution in [1.82, 2.24) is 15.1 Å². The minimum atomic E-state index is -4.22. The van der Waals surface area contributed by atoms with E-state index in [1.165, 1.54) is 11.9 Å². The summed E-state index contributed by atoms with van der Waals surface area (Å²) in [5.41, 5.74) is 0. The third kappa shape index (κ3) is 4.81. The van der Waals surface area contributed by atoms with Crippen LogP contribution in [0.4, 0.5) is 13.2 Å². The second kappa shape index (κ2) is 6.38. The van der Waals surface area contributed by atoms with E-state index in [2.05, 4.69) is 5.32 Å². The molecule has 1 aliphatic rings. The summed E-state index contributed by atoms with van der Waals surface area (Å²) in [4.78, 5) is 15.1. The molecule has 1 rings (SSSR count). The number of halogens is 3. The molecule has 4 nitrogen and oxygen atoms in total. The van der Waals surface area contributed by atoms with Gasteiger partial charge in [-0.05, 0) is 6.92 Å². The monoisotopic (exact) mass is 267 g/mol. The average Bonchev–Trinajstić information content (AvgIpc) is 2.34. The first-order valence-electron chi connectivity index (χ1n) is 6.08. The summed E-state index contributed by atoms with van der Waals surface area (Å²) in [5.74, 6) is -0.249. The van der Waals surface area contributed by atoms with Crippen LogP contribution in [0.5, 0.6) is 0 Å². The Morgan fingerprint density at radius 1 is 1.39 bits per heavy atom. The number of likely N-dealkylation sites (N-methyl/N-ethyl adjacent to an activating group) is 1. The number of nitrogens with zero attached hydrogens (tertiary/aromatic N) is 2. The molecule has 1 atom stereocenters. The Morgan fingerprint density at radius 3 is 2.44 bits per heavy atom. The molecule has 0 bridgehead atoms. The molecule has 1 aliphatic heterocycles. The van der Waals surface area contributed by atoms with Crippen molar-refractivity contribution >= 4 is 5.91 Å². The number of piperazine rings is 1. The number of carbonyl (C=O) groups is 1. The molecule has 18 heavy (non-hydrogen) atoms. The summed E-state index contributed by atoms with van der Waals surface area (Å²) < 4.78 is 36.2. The number of hydrogen-bond donors (Lipinski definition) is 1. The number of rotatable bonds is 4. The normalized spacial score (nSPS) is 19.6. The summed E-state index contributed by atoms with van der Waals surface area (Å²) in [6, 6.07) is -0.356. The molecule has 1 unspecified atom stereocenters. The topological polar surface area (TPSA) is 35.6 Å². The lowest BCUT2D eigenvalue weighted by Crippen LogP contribution is -2.53. The van der Waals surface area contributed by atoms with Crippen molar-refractivity contribution in [2.75, 3.05) is 39.8 Å². The molecule has 1 saturated heterocycles. The average molecular weight is 267 g/mol. The third-order valence-corrected chi connectivity index (χ3v) is 3.16. The van der Waals surface area contributed by atoms with Gasteiger partial charge < -0.3 is 10.2 Å². The van der Waals surface area contributed by atoms with E-state index in [-0.39, 0.29) is 18.5 Å². The maximum atomic E-state index is 12.1. The highest BCUT2D eigenvalue weighted by atomic mass is 19.4. The lowest BCUT2D eigenvalue weighted by Gasteiger charge is -2.34. The molecular formula is C11H20F3N3O. The van der Waals surface area contributed by atoms with Gasteiger partial charge in [0.05, 0.1) is 12.5 Å². The van der Waals surface area contributed by atoms with Gasteiger partial charge in [0, 0.05) is 39.8 Å². The van der Waals surface area contributed by atoms with E-state index < -0.39 is 12.6 Å². The van der Waals surface area contributed by atoms with Gasteiger partial charge in [-0.3, -0.25) is 9.69 Å². The van der Waals surface area contributed by atoms with Crippen LogP contribution in [0, 0.1) is 0 Å². The van der Waals surface area contributed by atoms with Gasteiger partial charge in [0.2, 0.25) is 5.91 Å². The molecule has 0 spiro atoms. The molecule has 0 aromatic rings. The Balaban J connectivity index is 2.41. The molecule has 0 aromatic carbocycles. The summed E-state index contributed by atoms with van der Waals surface area (Å²) in [6.07, 6.45) is -5.17. The van der Waals surface area contributed by atoms with Crippen LogP contribution in [0.2, 0.25) is 0 Å². The van der Waals surface area contributed by atoms with Crippen LogP contribution < -0.4 is 5.32 Å². The molecule has 1 fully saturated rings. The van der Waals surface area contributed by atoms with E-state index in [1.54, 1.807) is 6.92 Å². The fraction of sp³-hybridized carbons (Fsp3) is 0.909. The van der Waals surface area contributed by atoms with Gasteiger partial charge >= 0.3 is 6.18 Å². The summed E-state index contributed by atoms with van der Waals surface area (Å²) in [5, 5.41) is 3.17. The molecule has 0 saturated carbocycles. The first-order chi connectivity index (χ1) is 8.31. The predicted molar refractivity (Wildman–Crippen MR) is 62.2 cm³/mol. The standard InChI is InChI=1S/C11H20F3N3O/c1-9(17-7-4-15-5-8-17)10(18)16(2)6-3-11(12,13)14/h9,15H,3-8H2,1-2H3. The Labute approximate surface area is 105 Å². The van der Waals surface area contributed by atoms with Gasteiger partial charge in [-0.2, -0.15) is 13.2 Å². The van der Waals surface area contributed by atoms with Crippen molar-refractivity contribution in [3.8, 4) is 0 Å². The highest BCUT2D eigenvalue weighted by Gasteiger charge is 2.30. The summed E-state index contributed by atoms with van der Waals surface area (Å²) in [7, 11) is 1.42. The second-order valence-electron chi connectivity index (χ2n) is 4.59. The van der Waals surface area contributed by atoms with Crippen molar-refractivity contribution in [1.29, 1.82) is 0 Å². The largest absolute Gasteiger partial charge is 0.390 e. The molecule has 106 valence electrons. The van der Waals surface area contributed by atoms with Crippen molar-refractivity contribution in [2.24, 2.45) is 0 Å². The van der Waals surface area contributed by atoms with Crippen molar-refractivity contribution in [2.45, 2.75) is 25.6 Å². The highest BCUT2D eigenvalue weighted by Crippen LogP contribution is 2.19. The van der Waals surface area contributed by atoms with E-state index in [1.807, 2.05) is 4.90 Å². The number of nitrogens with one attached hydrogen (secondary N) is 1. The van der Waals surface area contributed by atoms with Crippen LogP contribution in [0.1, 0.15) is 13.3 Å². The molecule has 0 aromatic heterocycles. The van der Waals surface area contributed by atoms with E-state index in [0.717, 1.165) is 26.2 Å². The zero-order chi connectivity index (χ0) is 13.8. The molecular weight excluding hydrogens is 247 g/mol. The van der Waals surface area contributed by atoms with E-state index in [9.17, 15) is 18.0 Å². The third-order valence-electron chi connectivity index (χ3n) is 3.16. The van der Waals surface area contributed by atoms with Gasteiger partial charge in [-0.15, -0.1) is 0 Å². The summed E-state index contributed by atoms with van der Waals surface area (Å²) >= 11 is 0. The Bertz CT molecular complexity index is 277. The lowest BCUT2D eigenvalue weighted by molar-refractivity contribution is -0.146. The first kappa shape index (κ1) is 15.2. The first-order valence-corrected chi connectivity index (χ1v) is 6.08. The van der Waals surface area contributed by atoms with E-state index in [4.69, 9.17) is 0 Å². The van der Waals surface area contributed by atoms with Crippen LogP contribution in [0.25, 0.3) is 0 Å². The lowest BCUT2D eigenvalue weighted by atomic mass is 10.2. The predicted octanol–water partition coefficient (Wildman–Crippen LogP) is 0.691. The summed E-state index contributed by atoms with van der Waals surface area (Å²) in [6.45, 7) is 4.59. The zero-order valence-corrected chi connectivity index (χ0v) is 10.8. The Kier molecular flexibility index (Phi) is 5.40. The smallest absolute Gasteiger partial charge is 0.344 e. The zero-order valence-electron chi connectivity index (χ0n) is 10.8. The highest BCUT2D eigenvalue weighted by molar-refractivity contribution is 5.81. The number of amides is 1. The van der Waals surface area contributed by atoms with Crippen LogP contribution in [-0.2, 0) is 4.79 Å². The van der Waals surface area contributed by atoms with Crippen LogP contribution >= 0.6 is 0 Å². The van der Waals surface area contributed by atoms with E-state index in [0.29, 0.717) is 0 Å². The van der Waals surface area contributed by atoms with Gasteiger partial charge in [-0.25, -0.2) is 0 Å². The quantitative estimate of drug-likeness (QED) is 0.814. The van der Waals surface area contributed by atoms with Gasteiger partial charge in [-0.1, -0.05) is 0 Å². The van der Waals surface area contributed by atoms with Crippen molar-refractivity contribution < 1.29 is 18.0 Å². The maximum Gasteiger partial charge on any atom is 0.390 e. The molecule has 1 N–H and O–H groups in total. The van der Waals surface area contributed by atoms with Gasteiger partial charge in [0.25, 0.3) is 0 Å². The van der Waals surface area contributed by atoms with Crippen molar-refractivity contribution in [3.63, 3.8) is 0 Å². The molecule has 1 heterocycles. The van der Waals surface area contributed by atoms with Crippen LogP contribution in [-0.4, -0.2) is 67.7 Å². The molecule has 0 aliphatic carbocycles. The van der Waals surface area contributed by atoms with E-state index >= 15 is 0 Å². The number of carbonyl (C=O) groups excluding carboxylic acids is 1. The fourth-order valence-electron chi connectivity index (χ4n) is 1.95. The number of hydrogen-bond acceptors (Lipinski definition) is 3.